The van der Waals surface area contributed by atoms with Gasteiger partial charge in [-0.2, -0.15) is 0 Å². The third kappa shape index (κ3) is 3.33. The molecule has 2 heterocycles. The summed E-state index contributed by atoms with van der Waals surface area (Å²) in [5, 5.41) is 0. The van der Waals surface area contributed by atoms with Crippen molar-refractivity contribution in [1.29, 1.82) is 0 Å². The van der Waals surface area contributed by atoms with Crippen molar-refractivity contribution >= 4 is 0 Å². The summed E-state index contributed by atoms with van der Waals surface area (Å²) in [6.45, 7) is 5.79. The normalized spacial score (nSPS) is 18.2. The lowest BCUT2D eigenvalue weighted by Crippen LogP contribution is -2.27. The van der Waals surface area contributed by atoms with E-state index in [4.69, 9.17) is 9.47 Å². The monoisotopic (exact) mass is 263 g/mol. The van der Waals surface area contributed by atoms with Gasteiger partial charge in [0.1, 0.15) is 0 Å². The molecule has 0 spiro atoms. The third-order valence-electron chi connectivity index (χ3n) is 3.30. The molecule has 4 nitrogen and oxygen atoms in total. The van der Waals surface area contributed by atoms with Gasteiger partial charge in [0.25, 0.3) is 5.56 Å². The standard InChI is InChI=1S/C15H21NO3/c1-3-4-5-6-8-16-9-7-13(12-14(16)17)15(2)18-10-11-19-15/h4-5,7,9,12H,3,6,8,10-11H2,1-2H3/b5-4+. The summed E-state index contributed by atoms with van der Waals surface area (Å²) in [4.78, 5) is 12.0. The zero-order valence-corrected chi connectivity index (χ0v) is 11.6. The Kier molecular flexibility index (Phi) is 4.56. The van der Waals surface area contributed by atoms with E-state index in [0.29, 0.717) is 19.8 Å². The van der Waals surface area contributed by atoms with Gasteiger partial charge in [-0.05, 0) is 25.8 Å². The van der Waals surface area contributed by atoms with Crippen LogP contribution < -0.4 is 5.56 Å². The number of ether oxygens (including phenoxy) is 2. The molecule has 19 heavy (non-hydrogen) atoms. The van der Waals surface area contributed by atoms with Crippen molar-refractivity contribution < 1.29 is 9.47 Å². The van der Waals surface area contributed by atoms with Gasteiger partial charge < -0.3 is 14.0 Å². The molecule has 0 aromatic carbocycles. The van der Waals surface area contributed by atoms with Crippen LogP contribution >= 0.6 is 0 Å². The molecule has 1 saturated heterocycles. The SMILES string of the molecule is CC/C=C/CCn1ccc(C2(C)OCCO2)cc1=O. The Morgan fingerprint density at radius 2 is 2.11 bits per heavy atom. The molecule has 0 amide bonds. The summed E-state index contributed by atoms with van der Waals surface area (Å²) in [6.07, 6.45) is 7.93. The molecular formula is C15H21NO3. The van der Waals surface area contributed by atoms with Gasteiger partial charge in [0.15, 0.2) is 5.79 Å². The quantitative estimate of drug-likeness (QED) is 0.766. The molecule has 2 rings (SSSR count). The van der Waals surface area contributed by atoms with Crippen LogP contribution in [-0.4, -0.2) is 17.8 Å². The molecular weight excluding hydrogens is 242 g/mol. The molecule has 0 saturated carbocycles. The molecule has 0 aliphatic carbocycles. The largest absolute Gasteiger partial charge is 0.344 e. The average molecular weight is 263 g/mol. The molecule has 1 aromatic rings. The first-order chi connectivity index (χ1) is 9.15. The number of hydrogen-bond donors (Lipinski definition) is 0. The van der Waals surface area contributed by atoms with E-state index in [1.807, 2.05) is 19.2 Å². The minimum absolute atomic E-state index is 0.0114. The average Bonchev–Trinajstić information content (AvgIpc) is 2.84. The highest BCUT2D eigenvalue weighted by atomic mass is 16.7. The lowest BCUT2D eigenvalue weighted by molar-refractivity contribution is -0.149. The number of allylic oxidation sites excluding steroid dienone is 2. The number of pyridine rings is 1. The summed E-state index contributed by atoms with van der Waals surface area (Å²) in [6, 6.07) is 3.51. The molecule has 0 atom stereocenters. The summed E-state index contributed by atoms with van der Waals surface area (Å²) in [5.74, 6) is -0.764. The van der Waals surface area contributed by atoms with Gasteiger partial charge >= 0.3 is 0 Å². The fourth-order valence-electron chi connectivity index (χ4n) is 2.15. The van der Waals surface area contributed by atoms with E-state index >= 15 is 0 Å². The van der Waals surface area contributed by atoms with Gasteiger partial charge in [0, 0.05) is 24.4 Å². The van der Waals surface area contributed by atoms with Crippen molar-refractivity contribution in [2.45, 2.75) is 39.0 Å². The molecule has 0 bridgehead atoms. The van der Waals surface area contributed by atoms with E-state index in [-0.39, 0.29) is 5.56 Å². The van der Waals surface area contributed by atoms with Crippen LogP contribution in [0, 0.1) is 0 Å². The van der Waals surface area contributed by atoms with Gasteiger partial charge in [-0.3, -0.25) is 4.79 Å². The van der Waals surface area contributed by atoms with Crippen molar-refractivity contribution in [2.75, 3.05) is 13.2 Å². The first kappa shape index (κ1) is 14.0. The van der Waals surface area contributed by atoms with Crippen LogP contribution in [0.5, 0.6) is 0 Å². The maximum atomic E-state index is 12.0. The lowest BCUT2D eigenvalue weighted by Gasteiger charge is -2.22. The molecule has 1 fully saturated rings. The Morgan fingerprint density at radius 3 is 2.74 bits per heavy atom. The van der Waals surface area contributed by atoms with E-state index in [9.17, 15) is 4.79 Å². The van der Waals surface area contributed by atoms with Gasteiger partial charge in [0.2, 0.25) is 0 Å². The van der Waals surface area contributed by atoms with Crippen LogP contribution in [0.2, 0.25) is 0 Å². The van der Waals surface area contributed by atoms with Crippen LogP contribution in [0.3, 0.4) is 0 Å². The Balaban J connectivity index is 2.09. The molecule has 0 unspecified atom stereocenters. The van der Waals surface area contributed by atoms with E-state index in [1.165, 1.54) is 0 Å². The van der Waals surface area contributed by atoms with Gasteiger partial charge in [-0.1, -0.05) is 19.1 Å². The minimum Gasteiger partial charge on any atom is -0.344 e. The van der Waals surface area contributed by atoms with Crippen molar-refractivity contribution in [2.24, 2.45) is 0 Å². The fourth-order valence-corrected chi connectivity index (χ4v) is 2.15. The molecule has 1 aromatic heterocycles. The first-order valence-corrected chi connectivity index (χ1v) is 6.79. The highest BCUT2D eigenvalue weighted by Gasteiger charge is 2.33. The zero-order valence-electron chi connectivity index (χ0n) is 11.6. The molecule has 0 N–H and O–H groups in total. The molecule has 104 valence electrons. The van der Waals surface area contributed by atoms with E-state index < -0.39 is 5.79 Å². The van der Waals surface area contributed by atoms with Crippen LogP contribution in [0.25, 0.3) is 0 Å². The maximum absolute atomic E-state index is 12.0. The van der Waals surface area contributed by atoms with Crippen molar-refractivity contribution in [3.63, 3.8) is 0 Å². The van der Waals surface area contributed by atoms with Crippen LogP contribution in [0.4, 0.5) is 0 Å². The second kappa shape index (κ2) is 6.17. The molecule has 0 radical (unpaired) electrons. The van der Waals surface area contributed by atoms with Crippen molar-refractivity contribution in [3.05, 3.63) is 46.4 Å². The van der Waals surface area contributed by atoms with E-state index in [2.05, 4.69) is 19.1 Å². The van der Waals surface area contributed by atoms with Gasteiger partial charge in [0.05, 0.1) is 13.2 Å². The summed E-state index contributed by atoms with van der Waals surface area (Å²) in [5.41, 5.74) is 0.776. The summed E-state index contributed by atoms with van der Waals surface area (Å²) >= 11 is 0. The number of rotatable bonds is 5. The Labute approximate surface area is 113 Å². The highest BCUT2D eigenvalue weighted by molar-refractivity contribution is 5.17. The number of nitrogens with zero attached hydrogens (tertiary/aromatic N) is 1. The first-order valence-electron chi connectivity index (χ1n) is 6.79. The molecule has 1 aliphatic heterocycles. The second-order valence-electron chi connectivity index (χ2n) is 4.76. The molecule has 4 heteroatoms. The van der Waals surface area contributed by atoms with Gasteiger partial charge in [-0.25, -0.2) is 0 Å². The minimum atomic E-state index is -0.764. The number of hydrogen-bond acceptors (Lipinski definition) is 3. The molecule has 1 aliphatic rings. The predicted octanol–water partition coefficient (Wildman–Crippen LogP) is 2.42. The topological polar surface area (TPSA) is 40.5 Å². The lowest BCUT2D eigenvalue weighted by atomic mass is 10.1. The van der Waals surface area contributed by atoms with E-state index in [0.717, 1.165) is 18.4 Å². The Bertz CT molecular complexity index is 498. The van der Waals surface area contributed by atoms with Crippen LogP contribution in [0.15, 0.2) is 35.3 Å². The van der Waals surface area contributed by atoms with E-state index in [1.54, 1.807) is 10.6 Å². The number of aryl methyl sites for hydroxylation is 1. The van der Waals surface area contributed by atoms with Crippen LogP contribution in [0.1, 0.15) is 32.3 Å². The van der Waals surface area contributed by atoms with Gasteiger partial charge in [-0.15, -0.1) is 0 Å². The number of aromatic nitrogens is 1. The second-order valence-corrected chi connectivity index (χ2v) is 4.76. The van der Waals surface area contributed by atoms with Crippen molar-refractivity contribution in [3.8, 4) is 0 Å². The summed E-state index contributed by atoms with van der Waals surface area (Å²) in [7, 11) is 0. The predicted molar refractivity (Wildman–Crippen MR) is 74.0 cm³/mol. The highest BCUT2D eigenvalue weighted by Crippen LogP contribution is 2.29. The Morgan fingerprint density at radius 1 is 1.37 bits per heavy atom. The maximum Gasteiger partial charge on any atom is 0.250 e. The van der Waals surface area contributed by atoms with Crippen LogP contribution in [-0.2, 0) is 21.8 Å². The summed E-state index contributed by atoms with van der Waals surface area (Å²) < 4.78 is 12.8. The smallest absolute Gasteiger partial charge is 0.250 e. The Hall–Kier alpha value is -1.39. The zero-order chi connectivity index (χ0) is 13.7. The van der Waals surface area contributed by atoms with Crippen molar-refractivity contribution in [1.82, 2.24) is 4.57 Å². The third-order valence-corrected chi connectivity index (χ3v) is 3.30. The fraction of sp³-hybridized carbons (Fsp3) is 0.533.